The van der Waals surface area contributed by atoms with Gasteiger partial charge in [-0.3, -0.25) is 14.4 Å². The van der Waals surface area contributed by atoms with Gasteiger partial charge in [-0.25, -0.2) is 4.79 Å². The lowest BCUT2D eigenvalue weighted by Gasteiger charge is -2.16. The molecule has 1 aromatic carbocycles. The molecule has 2 aromatic heterocycles. The maximum absolute atomic E-state index is 12.8. The Morgan fingerprint density at radius 2 is 1.79 bits per heavy atom. The Labute approximate surface area is 207 Å². The van der Waals surface area contributed by atoms with Crippen LogP contribution in [0, 0.1) is 0 Å². The molecule has 2 heterocycles. The van der Waals surface area contributed by atoms with E-state index >= 15 is 0 Å². The van der Waals surface area contributed by atoms with Gasteiger partial charge in [-0.1, -0.05) is 29.8 Å². The predicted molar refractivity (Wildman–Crippen MR) is 129 cm³/mol. The first-order valence-corrected chi connectivity index (χ1v) is 11.9. The lowest BCUT2D eigenvalue weighted by molar-refractivity contribution is -0.142. The van der Waals surface area contributed by atoms with Crippen molar-refractivity contribution in [2.24, 2.45) is 0 Å². The lowest BCUT2D eigenvalue weighted by atomic mass is 10.2. The van der Waals surface area contributed by atoms with Gasteiger partial charge in [-0.15, -0.1) is 22.7 Å². The van der Waals surface area contributed by atoms with Gasteiger partial charge < -0.3 is 25.8 Å². The highest BCUT2D eigenvalue weighted by Gasteiger charge is 2.26. The van der Waals surface area contributed by atoms with E-state index in [2.05, 4.69) is 16.0 Å². The average Bonchev–Trinajstić information content (AvgIpc) is 3.49. The van der Waals surface area contributed by atoms with Crippen molar-refractivity contribution in [3.63, 3.8) is 0 Å². The molecule has 0 bridgehead atoms. The molecule has 0 unspecified atom stereocenters. The molecule has 1 atom stereocenters. The normalized spacial score (nSPS) is 11.4. The van der Waals surface area contributed by atoms with Gasteiger partial charge in [0.15, 0.2) is 0 Å². The predicted octanol–water partition coefficient (Wildman–Crippen LogP) is 2.80. The number of hydrogen-bond donors (Lipinski definition) is 4. The van der Waals surface area contributed by atoms with E-state index in [1.165, 1.54) is 29.5 Å². The fourth-order valence-electron chi connectivity index (χ4n) is 2.82. The Morgan fingerprint density at radius 1 is 1.03 bits per heavy atom. The van der Waals surface area contributed by atoms with Crippen molar-refractivity contribution < 1.29 is 29.0 Å². The van der Waals surface area contributed by atoms with Crippen LogP contribution in [0.15, 0.2) is 47.8 Å². The number of halogens is 1. The van der Waals surface area contributed by atoms with Gasteiger partial charge in [0.1, 0.15) is 16.7 Å². The Balaban J connectivity index is 1.63. The van der Waals surface area contributed by atoms with Crippen molar-refractivity contribution in [1.29, 1.82) is 0 Å². The zero-order valence-electron chi connectivity index (χ0n) is 17.8. The number of hydrogen-bond acceptors (Lipinski definition) is 8. The molecule has 0 aliphatic carbocycles. The molecule has 34 heavy (non-hydrogen) atoms. The minimum Gasteiger partial charge on any atom is -0.508 e. The van der Waals surface area contributed by atoms with Gasteiger partial charge in [-0.05, 0) is 35.2 Å². The van der Waals surface area contributed by atoms with E-state index < -0.39 is 29.7 Å². The van der Waals surface area contributed by atoms with E-state index in [1.807, 2.05) is 0 Å². The first-order valence-electron chi connectivity index (χ1n) is 9.84. The summed E-state index contributed by atoms with van der Waals surface area (Å²) in [6, 6.07) is 9.97. The quantitative estimate of drug-likeness (QED) is 0.320. The molecule has 0 aliphatic heterocycles. The second kappa shape index (κ2) is 11.6. The third-order valence-electron chi connectivity index (χ3n) is 4.48. The van der Waals surface area contributed by atoms with E-state index in [4.69, 9.17) is 16.3 Å². The summed E-state index contributed by atoms with van der Waals surface area (Å²) in [5.41, 5.74) is 0.694. The smallest absolute Gasteiger partial charge is 0.330 e. The van der Waals surface area contributed by atoms with Gasteiger partial charge in [-0.2, -0.15) is 0 Å². The van der Waals surface area contributed by atoms with Gasteiger partial charge >= 0.3 is 5.97 Å². The minimum atomic E-state index is -1.16. The van der Waals surface area contributed by atoms with Crippen LogP contribution in [0.4, 0.5) is 0 Å². The van der Waals surface area contributed by atoms with Gasteiger partial charge in [0.25, 0.3) is 17.7 Å². The molecule has 178 valence electrons. The van der Waals surface area contributed by atoms with Crippen molar-refractivity contribution >= 4 is 58.0 Å². The molecule has 0 spiro atoms. The Bertz CT molecular complexity index is 1200. The highest BCUT2D eigenvalue weighted by Crippen LogP contribution is 2.27. The third-order valence-corrected chi connectivity index (χ3v) is 6.89. The number of amides is 3. The molecule has 4 N–H and O–H groups in total. The molecule has 0 aliphatic rings. The lowest BCUT2D eigenvalue weighted by Crippen LogP contribution is -2.48. The molecule has 3 amide bonds. The first-order chi connectivity index (χ1) is 16.3. The van der Waals surface area contributed by atoms with E-state index in [9.17, 15) is 24.3 Å². The summed E-state index contributed by atoms with van der Waals surface area (Å²) in [4.78, 5) is 50.2. The van der Waals surface area contributed by atoms with E-state index in [-0.39, 0.29) is 33.6 Å². The largest absolute Gasteiger partial charge is 0.508 e. The summed E-state index contributed by atoms with van der Waals surface area (Å²) in [6.07, 6.45) is 0. The SMILES string of the molecule is COC(=O)[C@H](CNC(=O)c1cccs1)NC(=O)c1sc(C(=O)NCc2cccc(O)c2)cc1Cl. The average molecular weight is 522 g/mol. The molecular formula is C22H20ClN3O6S2. The second-order valence-electron chi connectivity index (χ2n) is 6.88. The van der Waals surface area contributed by atoms with Crippen LogP contribution in [0.3, 0.4) is 0 Å². The van der Waals surface area contributed by atoms with Crippen LogP contribution in [0.2, 0.25) is 5.02 Å². The number of carbonyl (C=O) groups is 4. The topological polar surface area (TPSA) is 134 Å². The number of benzene rings is 1. The summed E-state index contributed by atoms with van der Waals surface area (Å²) in [5, 5.41) is 19.0. The number of aromatic hydroxyl groups is 1. The Morgan fingerprint density at radius 3 is 2.47 bits per heavy atom. The first kappa shape index (κ1) is 25.2. The number of rotatable bonds is 9. The molecule has 0 fully saturated rings. The van der Waals surface area contributed by atoms with Crippen LogP contribution in [0.5, 0.6) is 5.75 Å². The molecule has 9 nitrogen and oxygen atoms in total. The number of esters is 1. The maximum Gasteiger partial charge on any atom is 0.330 e. The maximum atomic E-state index is 12.8. The number of phenols is 1. The summed E-state index contributed by atoms with van der Waals surface area (Å²) < 4.78 is 4.71. The molecule has 12 heteroatoms. The van der Waals surface area contributed by atoms with Crippen molar-refractivity contribution in [2.75, 3.05) is 13.7 Å². The summed E-state index contributed by atoms with van der Waals surface area (Å²) in [6.45, 7) is -0.0337. The molecule has 0 radical (unpaired) electrons. The monoisotopic (exact) mass is 521 g/mol. The molecule has 3 rings (SSSR count). The van der Waals surface area contributed by atoms with Crippen LogP contribution in [0.25, 0.3) is 0 Å². The fraction of sp³-hybridized carbons (Fsp3) is 0.182. The summed E-state index contributed by atoms with van der Waals surface area (Å²) >= 11 is 8.26. The van der Waals surface area contributed by atoms with Crippen LogP contribution in [-0.2, 0) is 16.1 Å². The molecular weight excluding hydrogens is 502 g/mol. The van der Waals surface area contributed by atoms with Crippen molar-refractivity contribution in [1.82, 2.24) is 16.0 Å². The van der Waals surface area contributed by atoms with E-state index in [1.54, 1.807) is 29.6 Å². The summed E-state index contributed by atoms with van der Waals surface area (Å²) in [5.74, 6) is -2.21. The van der Waals surface area contributed by atoms with Gasteiger partial charge in [0.05, 0.1) is 21.9 Å². The van der Waals surface area contributed by atoms with Gasteiger partial charge in [0, 0.05) is 13.1 Å². The van der Waals surface area contributed by atoms with Crippen molar-refractivity contribution in [3.05, 3.63) is 73.1 Å². The Hall–Kier alpha value is -3.41. The number of methoxy groups -OCH3 is 1. The molecule has 0 saturated heterocycles. The number of thiophene rings is 2. The van der Waals surface area contributed by atoms with Crippen LogP contribution >= 0.6 is 34.3 Å². The zero-order chi connectivity index (χ0) is 24.7. The highest BCUT2D eigenvalue weighted by atomic mass is 35.5. The highest BCUT2D eigenvalue weighted by molar-refractivity contribution is 7.16. The van der Waals surface area contributed by atoms with Gasteiger partial charge in [0.2, 0.25) is 0 Å². The minimum absolute atomic E-state index is 0.0302. The number of ether oxygens (including phenoxy) is 1. The van der Waals surface area contributed by atoms with Crippen LogP contribution in [0.1, 0.15) is 34.6 Å². The zero-order valence-corrected chi connectivity index (χ0v) is 20.2. The molecule has 3 aromatic rings. The number of phenolic OH excluding ortho intramolecular Hbond substituents is 1. The number of carbonyl (C=O) groups excluding carboxylic acids is 4. The number of nitrogens with one attached hydrogen (secondary N) is 3. The standard InChI is InChI=1S/C22H20ClN3O6S2/c1-32-22(31)15(11-25-19(28)16-6-3-7-33-16)26-21(30)18-14(23)9-17(34-18)20(29)24-10-12-4-2-5-13(27)8-12/h2-9,15,27H,10-11H2,1H3,(H,24,29)(H,25,28)(H,26,30)/t15-/m0/s1. The van der Waals surface area contributed by atoms with Crippen molar-refractivity contribution in [3.8, 4) is 5.75 Å². The summed E-state index contributed by atoms with van der Waals surface area (Å²) in [7, 11) is 1.16. The van der Waals surface area contributed by atoms with E-state index in [0.717, 1.165) is 18.4 Å². The Kier molecular flexibility index (Phi) is 8.63. The second-order valence-corrected chi connectivity index (χ2v) is 9.28. The third kappa shape index (κ3) is 6.56. The van der Waals surface area contributed by atoms with Crippen molar-refractivity contribution in [2.45, 2.75) is 12.6 Å². The van der Waals surface area contributed by atoms with E-state index in [0.29, 0.717) is 10.4 Å². The van der Waals surface area contributed by atoms with Crippen LogP contribution < -0.4 is 16.0 Å². The van der Waals surface area contributed by atoms with Crippen LogP contribution in [-0.4, -0.2) is 48.5 Å². The fourth-order valence-corrected chi connectivity index (χ4v) is 4.71. The molecule has 0 saturated carbocycles.